The van der Waals surface area contributed by atoms with Gasteiger partial charge in [0, 0.05) is 15.6 Å². The van der Waals surface area contributed by atoms with Crippen molar-refractivity contribution in [1.29, 1.82) is 5.26 Å². The highest BCUT2D eigenvalue weighted by molar-refractivity contribution is 9.10. The van der Waals surface area contributed by atoms with Crippen LogP contribution in [0.15, 0.2) is 40.5 Å². The lowest BCUT2D eigenvalue weighted by Crippen LogP contribution is -2.23. The van der Waals surface area contributed by atoms with Crippen LogP contribution in [0.25, 0.3) is 17.3 Å². The lowest BCUT2D eigenvalue weighted by Gasteiger charge is -2.04. The van der Waals surface area contributed by atoms with E-state index in [9.17, 15) is 9.90 Å². The van der Waals surface area contributed by atoms with E-state index in [1.807, 2.05) is 24.3 Å². The fourth-order valence-electron chi connectivity index (χ4n) is 1.58. The van der Waals surface area contributed by atoms with Crippen molar-refractivity contribution in [1.82, 2.24) is 10.2 Å². The average Bonchev–Trinajstić information content (AvgIpc) is 2.84. The molecule has 0 aliphatic heterocycles. The van der Waals surface area contributed by atoms with Crippen molar-refractivity contribution >= 4 is 28.0 Å². The van der Waals surface area contributed by atoms with Crippen molar-refractivity contribution in [3.05, 3.63) is 46.1 Å². The Labute approximate surface area is 117 Å². The van der Waals surface area contributed by atoms with Crippen LogP contribution in [-0.4, -0.2) is 16.2 Å². The Morgan fingerprint density at radius 1 is 1.47 bits per heavy atom. The molecule has 6 heteroatoms. The molecule has 1 aromatic carbocycles. The van der Waals surface area contributed by atoms with Gasteiger partial charge < -0.3 is 9.90 Å². The van der Waals surface area contributed by atoms with Gasteiger partial charge in [0.1, 0.15) is 6.07 Å². The Morgan fingerprint density at radius 3 is 2.84 bits per heavy atom. The van der Waals surface area contributed by atoms with E-state index >= 15 is 0 Å². The average molecular weight is 317 g/mol. The van der Waals surface area contributed by atoms with Crippen LogP contribution in [0.2, 0.25) is 0 Å². The molecule has 0 fully saturated rings. The Balaban J connectivity index is 2.53. The molecule has 0 amide bonds. The molecule has 0 saturated carbocycles. The number of H-pyrrole nitrogens is 1. The number of aliphatic carboxylic acids is 1. The third-order valence-electron chi connectivity index (χ3n) is 2.45. The molecule has 0 bridgehead atoms. The molecular formula is C13H7BrN3O2-. The molecule has 0 aliphatic carbocycles. The van der Waals surface area contributed by atoms with Crippen LogP contribution in [0.4, 0.5) is 0 Å². The predicted octanol–water partition coefficient (Wildman–Crippen LogP) is 1.50. The fraction of sp³-hybridized carbons (Fsp3) is 0. The summed E-state index contributed by atoms with van der Waals surface area (Å²) in [6.45, 7) is 0. The van der Waals surface area contributed by atoms with Crippen molar-refractivity contribution in [3.63, 3.8) is 0 Å². The van der Waals surface area contributed by atoms with Crippen molar-refractivity contribution in [2.45, 2.75) is 0 Å². The van der Waals surface area contributed by atoms with E-state index < -0.39 is 11.5 Å². The Hall–Kier alpha value is -2.39. The number of carboxylic acids is 1. The van der Waals surface area contributed by atoms with Crippen molar-refractivity contribution in [2.24, 2.45) is 0 Å². The molecule has 0 saturated heterocycles. The topological polar surface area (TPSA) is 92.6 Å². The summed E-state index contributed by atoms with van der Waals surface area (Å²) in [5.74, 6) is -1.51. The normalized spacial score (nSPS) is 11.1. The van der Waals surface area contributed by atoms with E-state index in [2.05, 4.69) is 26.1 Å². The first-order chi connectivity index (χ1) is 9.13. The second-order valence-electron chi connectivity index (χ2n) is 3.64. The van der Waals surface area contributed by atoms with Crippen LogP contribution in [-0.2, 0) is 4.79 Å². The zero-order chi connectivity index (χ0) is 13.8. The van der Waals surface area contributed by atoms with Gasteiger partial charge in [-0.15, -0.1) is 0 Å². The summed E-state index contributed by atoms with van der Waals surface area (Å²) >= 11 is 3.40. The number of nitrogens with one attached hydrogen (secondary N) is 1. The standard InChI is InChI=1S/C13H8BrN3O2/c14-11-4-2-1-3-10(11)12-9(7-16-17-12)5-8(6-15)13(18)19/h1-5,7H,(H,16,17)(H,18,19)/p-1/b8-5-. The molecule has 94 valence electrons. The van der Waals surface area contributed by atoms with Gasteiger partial charge in [-0.2, -0.15) is 10.4 Å². The van der Waals surface area contributed by atoms with Gasteiger partial charge in [-0.3, -0.25) is 5.10 Å². The summed E-state index contributed by atoms with van der Waals surface area (Å²) in [5, 5.41) is 26.1. The van der Waals surface area contributed by atoms with Crippen LogP contribution >= 0.6 is 15.9 Å². The fourth-order valence-corrected chi connectivity index (χ4v) is 2.06. The quantitative estimate of drug-likeness (QED) is 0.686. The lowest BCUT2D eigenvalue weighted by atomic mass is 10.1. The smallest absolute Gasteiger partial charge is 0.101 e. The third-order valence-corrected chi connectivity index (χ3v) is 3.14. The number of nitriles is 1. The van der Waals surface area contributed by atoms with Gasteiger partial charge in [-0.1, -0.05) is 34.1 Å². The van der Waals surface area contributed by atoms with Gasteiger partial charge in [-0.05, 0) is 12.1 Å². The van der Waals surface area contributed by atoms with Crippen molar-refractivity contribution in [2.75, 3.05) is 0 Å². The molecule has 0 aliphatic rings. The highest BCUT2D eigenvalue weighted by Crippen LogP contribution is 2.29. The summed E-state index contributed by atoms with van der Waals surface area (Å²) in [5.41, 5.74) is 1.51. The summed E-state index contributed by atoms with van der Waals surface area (Å²) < 4.78 is 0.834. The van der Waals surface area contributed by atoms with Gasteiger partial charge in [0.25, 0.3) is 0 Å². The molecule has 0 spiro atoms. The minimum atomic E-state index is -1.51. The highest BCUT2D eigenvalue weighted by Gasteiger charge is 2.10. The number of rotatable bonds is 3. The molecule has 0 unspecified atom stereocenters. The van der Waals surface area contributed by atoms with Gasteiger partial charge >= 0.3 is 0 Å². The summed E-state index contributed by atoms with van der Waals surface area (Å²) in [6.07, 6.45) is 2.68. The number of hydrogen-bond acceptors (Lipinski definition) is 4. The Kier molecular flexibility index (Phi) is 3.78. The number of carbonyl (C=O) groups excluding carboxylic acids is 1. The molecule has 2 aromatic rings. The monoisotopic (exact) mass is 316 g/mol. The molecule has 0 atom stereocenters. The maximum absolute atomic E-state index is 10.7. The first-order valence-electron chi connectivity index (χ1n) is 5.25. The maximum Gasteiger partial charge on any atom is 0.101 e. The van der Waals surface area contributed by atoms with Gasteiger partial charge in [0.05, 0.1) is 23.4 Å². The van der Waals surface area contributed by atoms with Crippen LogP contribution in [0.1, 0.15) is 5.56 Å². The molecule has 1 heterocycles. The Bertz CT molecular complexity index is 698. The van der Waals surface area contributed by atoms with Crippen LogP contribution < -0.4 is 5.11 Å². The largest absolute Gasteiger partial charge is 0.544 e. The second kappa shape index (κ2) is 5.50. The molecule has 19 heavy (non-hydrogen) atoms. The van der Waals surface area contributed by atoms with Gasteiger partial charge in [0.15, 0.2) is 0 Å². The summed E-state index contributed by atoms with van der Waals surface area (Å²) in [4.78, 5) is 10.7. The van der Waals surface area contributed by atoms with E-state index in [-0.39, 0.29) is 0 Å². The van der Waals surface area contributed by atoms with E-state index in [4.69, 9.17) is 5.26 Å². The van der Waals surface area contributed by atoms with E-state index in [0.717, 1.165) is 10.0 Å². The number of carbonyl (C=O) groups is 1. The number of carboxylic acid groups (broad SMARTS) is 1. The molecule has 2 rings (SSSR count). The van der Waals surface area contributed by atoms with E-state index in [1.165, 1.54) is 12.3 Å². The number of benzene rings is 1. The maximum atomic E-state index is 10.7. The van der Waals surface area contributed by atoms with Gasteiger partial charge in [-0.25, -0.2) is 0 Å². The molecule has 1 N–H and O–H groups in total. The Morgan fingerprint density at radius 2 is 2.21 bits per heavy atom. The SMILES string of the molecule is N#C/C(=C/c1cn[nH]c1-c1ccccc1Br)C(=O)[O-]. The first-order valence-corrected chi connectivity index (χ1v) is 6.04. The lowest BCUT2D eigenvalue weighted by molar-refractivity contribution is -0.298. The van der Waals surface area contributed by atoms with Gasteiger partial charge in [0.2, 0.25) is 0 Å². The predicted molar refractivity (Wildman–Crippen MR) is 70.3 cm³/mol. The van der Waals surface area contributed by atoms with E-state index in [1.54, 1.807) is 6.07 Å². The number of nitrogens with zero attached hydrogens (tertiary/aromatic N) is 2. The summed E-state index contributed by atoms with van der Waals surface area (Å²) in [7, 11) is 0. The first kappa shape index (κ1) is 13.1. The molecule has 5 nitrogen and oxygen atoms in total. The minimum absolute atomic E-state index is 0.449. The van der Waals surface area contributed by atoms with Crippen LogP contribution in [0, 0.1) is 11.3 Å². The summed E-state index contributed by atoms with van der Waals surface area (Å²) in [6, 6.07) is 8.99. The molecular weight excluding hydrogens is 310 g/mol. The zero-order valence-electron chi connectivity index (χ0n) is 9.55. The number of hydrogen-bond donors (Lipinski definition) is 1. The second-order valence-corrected chi connectivity index (χ2v) is 4.49. The van der Waals surface area contributed by atoms with E-state index in [0.29, 0.717) is 11.3 Å². The van der Waals surface area contributed by atoms with Crippen LogP contribution in [0.5, 0.6) is 0 Å². The number of aromatic amines is 1. The van der Waals surface area contributed by atoms with Crippen molar-refractivity contribution in [3.8, 4) is 17.3 Å². The number of halogens is 1. The minimum Gasteiger partial charge on any atom is -0.544 e. The van der Waals surface area contributed by atoms with Crippen molar-refractivity contribution < 1.29 is 9.90 Å². The van der Waals surface area contributed by atoms with Crippen LogP contribution in [0.3, 0.4) is 0 Å². The number of aromatic nitrogens is 2. The third kappa shape index (κ3) is 2.72. The molecule has 1 aromatic heterocycles. The zero-order valence-corrected chi connectivity index (χ0v) is 11.1. The highest BCUT2D eigenvalue weighted by atomic mass is 79.9. The molecule has 0 radical (unpaired) electrons.